The maximum Gasteiger partial charge on any atom is 0.221 e. The van der Waals surface area contributed by atoms with Gasteiger partial charge in [-0.3, -0.25) is 9.78 Å². The SMILES string of the molecule is CC(=O)Nc1ccc(N2C(=S)NC(c3ccccn3)C2c2cc(C)n(-c3ccc(C)cn3)c2C)cc1. The summed E-state index contributed by atoms with van der Waals surface area (Å²) in [7, 11) is 0. The Labute approximate surface area is 216 Å². The van der Waals surface area contributed by atoms with E-state index in [0.717, 1.165) is 45.4 Å². The minimum Gasteiger partial charge on any atom is -0.351 e. The number of benzene rings is 1. The van der Waals surface area contributed by atoms with Crippen molar-refractivity contribution in [1.82, 2.24) is 19.9 Å². The summed E-state index contributed by atoms with van der Waals surface area (Å²) in [4.78, 5) is 23.0. The standard InChI is InChI=1S/C28H28N6OS/c1-17-8-13-25(30-16-17)33-18(2)15-23(19(33)3)27-26(24-7-5-6-14-29-24)32-28(36)34(27)22-11-9-21(10-12-22)31-20(4)35/h5-16,26-27H,1-4H3,(H,31,35)(H,32,36). The van der Waals surface area contributed by atoms with E-state index in [2.05, 4.69) is 56.0 Å². The number of amides is 1. The maximum absolute atomic E-state index is 11.5. The molecule has 1 saturated heterocycles. The van der Waals surface area contributed by atoms with Crippen LogP contribution in [0.15, 0.2) is 73.1 Å². The number of aromatic nitrogens is 3. The van der Waals surface area contributed by atoms with Crippen LogP contribution < -0.4 is 15.5 Å². The Morgan fingerprint density at radius 3 is 2.44 bits per heavy atom. The Kier molecular flexibility index (Phi) is 6.28. The van der Waals surface area contributed by atoms with Crippen molar-refractivity contribution < 1.29 is 4.79 Å². The highest BCUT2D eigenvalue weighted by Crippen LogP contribution is 2.43. The van der Waals surface area contributed by atoms with Crippen molar-refractivity contribution in [3.63, 3.8) is 0 Å². The molecule has 0 bridgehead atoms. The first-order valence-corrected chi connectivity index (χ1v) is 12.2. The van der Waals surface area contributed by atoms with Gasteiger partial charge >= 0.3 is 0 Å². The highest BCUT2D eigenvalue weighted by atomic mass is 32.1. The predicted octanol–water partition coefficient (Wildman–Crippen LogP) is 5.33. The number of carbonyl (C=O) groups excluding carboxylic acids is 1. The molecule has 8 heteroatoms. The second-order valence-corrected chi connectivity index (χ2v) is 9.47. The highest BCUT2D eigenvalue weighted by molar-refractivity contribution is 7.80. The zero-order chi connectivity index (χ0) is 25.4. The number of nitrogens with zero attached hydrogens (tertiary/aromatic N) is 4. The lowest BCUT2D eigenvalue weighted by Crippen LogP contribution is -2.29. The minimum absolute atomic E-state index is 0.105. The van der Waals surface area contributed by atoms with Crippen LogP contribution in [0.1, 0.15) is 47.2 Å². The van der Waals surface area contributed by atoms with Crippen molar-refractivity contribution in [2.45, 2.75) is 39.8 Å². The van der Waals surface area contributed by atoms with Crippen molar-refractivity contribution >= 4 is 34.6 Å². The van der Waals surface area contributed by atoms with Gasteiger partial charge in [-0.25, -0.2) is 4.98 Å². The number of hydrogen-bond donors (Lipinski definition) is 2. The van der Waals surface area contributed by atoms with Gasteiger partial charge in [0.1, 0.15) is 5.82 Å². The largest absolute Gasteiger partial charge is 0.351 e. The molecule has 1 aromatic carbocycles. The first-order chi connectivity index (χ1) is 17.3. The Morgan fingerprint density at radius 2 is 1.81 bits per heavy atom. The molecule has 0 aliphatic carbocycles. The lowest BCUT2D eigenvalue weighted by Gasteiger charge is -2.28. The van der Waals surface area contributed by atoms with E-state index in [1.54, 1.807) is 0 Å². The normalized spacial score (nSPS) is 17.2. The van der Waals surface area contributed by atoms with Crippen LogP contribution in [-0.2, 0) is 4.79 Å². The van der Waals surface area contributed by atoms with Crippen molar-refractivity contribution in [2.24, 2.45) is 0 Å². The third-order valence-electron chi connectivity index (χ3n) is 6.48. The zero-order valence-corrected chi connectivity index (χ0v) is 21.5. The Hall–Kier alpha value is -4.04. The van der Waals surface area contributed by atoms with E-state index < -0.39 is 0 Å². The molecular weight excluding hydrogens is 468 g/mol. The molecule has 2 unspecified atom stereocenters. The van der Waals surface area contributed by atoms with Gasteiger partial charge in [0.25, 0.3) is 0 Å². The summed E-state index contributed by atoms with van der Waals surface area (Å²) in [5, 5.41) is 6.97. The summed E-state index contributed by atoms with van der Waals surface area (Å²) >= 11 is 5.87. The van der Waals surface area contributed by atoms with Gasteiger partial charge in [0.05, 0.1) is 17.8 Å². The van der Waals surface area contributed by atoms with E-state index in [-0.39, 0.29) is 18.0 Å². The van der Waals surface area contributed by atoms with Crippen molar-refractivity contribution in [1.29, 1.82) is 0 Å². The van der Waals surface area contributed by atoms with Gasteiger partial charge in [-0.05, 0) is 92.6 Å². The van der Waals surface area contributed by atoms with Gasteiger partial charge < -0.3 is 20.1 Å². The summed E-state index contributed by atoms with van der Waals surface area (Å²) < 4.78 is 2.18. The molecule has 3 aromatic heterocycles. The van der Waals surface area contributed by atoms with Gasteiger partial charge in [0.15, 0.2) is 5.11 Å². The second kappa shape index (κ2) is 9.54. The number of carbonyl (C=O) groups is 1. The maximum atomic E-state index is 11.5. The van der Waals surface area contributed by atoms with Crippen LogP contribution in [0.25, 0.3) is 5.82 Å². The minimum atomic E-state index is -0.145. The highest BCUT2D eigenvalue weighted by Gasteiger charge is 2.42. The number of aryl methyl sites for hydroxylation is 2. The number of rotatable bonds is 5. The third kappa shape index (κ3) is 4.35. The Morgan fingerprint density at radius 1 is 1.03 bits per heavy atom. The number of nitrogens with one attached hydrogen (secondary N) is 2. The molecule has 0 radical (unpaired) electrons. The molecule has 2 N–H and O–H groups in total. The molecule has 1 fully saturated rings. The van der Waals surface area contributed by atoms with Crippen molar-refractivity contribution in [3.05, 3.63) is 101 Å². The van der Waals surface area contributed by atoms with Crippen LogP contribution in [0.5, 0.6) is 0 Å². The summed E-state index contributed by atoms with van der Waals surface area (Å²) in [5.74, 6) is 0.780. The number of hydrogen-bond acceptors (Lipinski definition) is 4. The average molecular weight is 497 g/mol. The molecule has 0 spiro atoms. The van der Waals surface area contributed by atoms with Crippen LogP contribution in [0.2, 0.25) is 0 Å². The molecule has 36 heavy (non-hydrogen) atoms. The van der Waals surface area contributed by atoms with Crippen LogP contribution in [-0.4, -0.2) is 25.6 Å². The second-order valence-electron chi connectivity index (χ2n) is 9.08. The number of thiocarbonyl (C=S) groups is 1. The molecule has 7 nitrogen and oxygen atoms in total. The average Bonchev–Trinajstić information content (AvgIpc) is 3.35. The van der Waals surface area contributed by atoms with Gasteiger partial charge in [-0.2, -0.15) is 0 Å². The van der Waals surface area contributed by atoms with Crippen molar-refractivity contribution in [3.8, 4) is 5.82 Å². The van der Waals surface area contributed by atoms with Crippen LogP contribution >= 0.6 is 12.2 Å². The fourth-order valence-corrected chi connectivity index (χ4v) is 5.24. The van der Waals surface area contributed by atoms with Gasteiger partial charge in [-0.1, -0.05) is 12.1 Å². The summed E-state index contributed by atoms with van der Waals surface area (Å²) in [6.45, 7) is 7.76. The Balaban J connectivity index is 1.62. The predicted molar refractivity (Wildman–Crippen MR) is 146 cm³/mol. The van der Waals surface area contributed by atoms with Gasteiger partial charge in [-0.15, -0.1) is 0 Å². The molecular formula is C28H28N6OS. The molecule has 0 saturated carbocycles. The van der Waals surface area contributed by atoms with E-state index in [4.69, 9.17) is 12.2 Å². The summed E-state index contributed by atoms with van der Waals surface area (Å²) in [5.41, 5.74) is 7.05. The molecule has 1 aliphatic rings. The smallest absolute Gasteiger partial charge is 0.221 e. The monoisotopic (exact) mass is 496 g/mol. The fourth-order valence-electron chi connectivity index (χ4n) is 4.89. The lowest BCUT2D eigenvalue weighted by molar-refractivity contribution is -0.114. The molecule has 2 atom stereocenters. The number of pyridine rings is 2. The van der Waals surface area contributed by atoms with E-state index in [0.29, 0.717) is 5.11 Å². The van der Waals surface area contributed by atoms with Crippen LogP contribution in [0.3, 0.4) is 0 Å². The van der Waals surface area contributed by atoms with E-state index in [1.807, 2.05) is 67.8 Å². The zero-order valence-electron chi connectivity index (χ0n) is 20.7. The van der Waals surface area contributed by atoms with Crippen molar-refractivity contribution in [2.75, 3.05) is 10.2 Å². The summed E-state index contributed by atoms with van der Waals surface area (Å²) in [6.07, 6.45) is 3.70. The fraction of sp³-hybridized carbons (Fsp3) is 0.214. The Bertz CT molecular complexity index is 1410. The third-order valence-corrected chi connectivity index (χ3v) is 6.79. The van der Waals surface area contributed by atoms with E-state index >= 15 is 0 Å². The first kappa shape index (κ1) is 23.7. The van der Waals surface area contributed by atoms with Gasteiger partial charge in [0.2, 0.25) is 5.91 Å². The van der Waals surface area contributed by atoms with Crippen LogP contribution in [0, 0.1) is 20.8 Å². The first-order valence-electron chi connectivity index (χ1n) is 11.8. The van der Waals surface area contributed by atoms with E-state index in [1.165, 1.54) is 6.92 Å². The quantitative estimate of drug-likeness (QED) is 0.364. The topological polar surface area (TPSA) is 75.1 Å². The molecule has 182 valence electrons. The molecule has 1 amide bonds. The molecule has 4 aromatic rings. The summed E-state index contributed by atoms with van der Waals surface area (Å²) in [6, 6.07) is 19.7. The van der Waals surface area contributed by atoms with Gasteiger partial charge in [0, 0.05) is 42.1 Å². The molecule has 4 heterocycles. The molecule has 1 aliphatic heterocycles. The van der Waals surface area contributed by atoms with E-state index in [9.17, 15) is 4.79 Å². The lowest BCUT2D eigenvalue weighted by atomic mass is 9.96. The number of anilines is 2. The molecule has 5 rings (SSSR count). The van der Waals surface area contributed by atoms with Crippen LogP contribution in [0.4, 0.5) is 11.4 Å².